The van der Waals surface area contributed by atoms with Gasteiger partial charge in [0.25, 0.3) is 11.8 Å². The summed E-state index contributed by atoms with van der Waals surface area (Å²) in [6.45, 7) is 3.66. The molecule has 3 rings (SSSR count). The van der Waals surface area contributed by atoms with E-state index < -0.39 is 0 Å². The maximum atomic E-state index is 12.7. The third kappa shape index (κ3) is 5.90. The monoisotopic (exact) mass is 439 g/mol. The molecule has 1 heterocycles. The first kappa shape index (κ1) is 22.5. The van der Waals surface area contributed by atoms with Gasteiger partial charge in [0.15, 0.2) is 5.11 Å². The summed E-state index contributed by atoms with van der Waals surface area (Å²) in [5.74, 6) is 0.280. The smallest absolute Gasteiger partial charge is 0.276 e. The van der Waals surface area contributed by atoms with E-state index >= 15 is 0 Å². The van der Waals surface area contributed by atoms with Crippen molar-refractivity contribution < 1.29 is 19.1 Å². The Hall–Kier alpha value is -3.23. The fourth-order valence-electron chi connectivity index (χ4n) is 3.06. The molecule has 0 atom stereocenters. The molecule has 1 aliphatic heterocycles. The van der Waals surface area contributed by atoms with E-state index in [0.29, 0.717) is 54.0 Å². The van der Waals surface area contributed by atoms with Gasteiger partial charge in [0, 0.05) is 31.0 Å². The highest BCUT2D eigenvalue weighted by Gasteiger charge is 2.29. The van der Waals surface area contributed by atoms with Crippen molar-refractivity contribution in [2.24, 2.45) is 0 Å². The third-order valence-electron chi connectivity index (χ3n) is 4.64. The summed E-state index contributed by atoms with van der Waals surface area (Å²) in [5, 5.41) is 6.22. The first-order valence-corrected chi connectivity index (χ1v) is 10.4. The second-order valence-electron chi connectivity index (χ2n) is 6.80. The number of carbonyl (C=O) groups is 2. The van der Waals surface area contributed by atoms with E-state index in [1.165, 1.54) is 4.90 Å². The molecular formula is C23H25N3O4S. The zero-order valence-corrected chi connectivity index (χ0v) is 18.3. The standard InChI is InChI=1S/C23H25N3O4S/c1-3-30-13-5-12-26-22(28)20(25-23(26)31)15-16-6-4-7-18(14-16)24-21(27)17-8-10-19(29-2)11-9-17/h4,6-11,14-15H,3,5,12-13H2,1-2H3,(H,24,27)(H,25,31)/b20-15-. The lowest BCUT2D eigenvalue weighted by atomic mass is 10.1. The molecule has 0 aliphatic carbocycles. The summed E-state index contributed by atoms with van der Waals surface area (Å²) < 4.78 is 10.4. The van der Waals surface area contributed by atoms with Crippen molar-refractivity contribution in [3.63, 3.8) is 0 Å². The molecule has 0 radical (unpaired) electrons. The van der Waals surface area contributed by atoms with Gasteiger partial charge in [-0.2, -0.15) is 0 Å². The molecule has 0 spiro atoms. The molecule has 31 heavy (non-hydrogen) atoms. The van der Waals surface area contributed by atoms with Crippen molar-refractivity contribution in [3.8, 4) is 5.75 Å². The fraction of sp³-hybridized carbons (Fsp3) is 0.261. The van der Waals surface area contributed by atoms with Crippen molar-refractivity contribution in [3.05, 3.63) is 65.4 Å². The number of rotatable bonds is 9. The van der Waals surface area contributed by atoms with E-state index in [-0.39, 0.29) is 11.8 Å². The van der Waals surface area contributed by atoms with E-state index in [1.54, 1.807) is 49.6 Å². The van der Waals surface area contributed by atoms with Crippen LogP contribution in [0.5, 0.6) is 5.75 Å². The second kappa shape index (κ2) is 10.7. The lowest BCUT2D eigenvalue weighted by molar-refractivity contribution is -0.122. The van der Waals surface area contributed by atoms with E-state index in [9.17, 15) is 9.59 Å². The Balaban J connectivity index is 1.66. The molecule has 0 unspecified atom stereocenters. The van der Waals surface area contributed by atoms with Gasteiger partial charge in [-0.15, -0.1) is 0 Å². The van der Waals surface area contributed by atoms with Crippen molar-refractivity contribution in [1.29, 1.82) is 0 Å². The number of benzene rings is 2. The van der Waals surface area contributed by atoms with Gasteiger partial charge < -0.3 is 20.1 Å². The number of methoxy groups -OCH3 is 1. The maximum Gasteiger partial charge on any atom is 0.276 e. The van der Waals surface area contributed by atoms with Gasteiger partial charge in [-0.25, -0.2) is 0 Å². The lowest BCUT2D eigenvalue weighted by Crippen LogP contribution is -2.32. The Morgan fingerprint density at radius 2 is 2.00 bits per heavy atom. The van der Waals surface area contributed by atoms with E-state index in [4.69, 9.17) is 21.7 Å². The van der Waals surface area contributed by atoms with Crippen molar-refractivity contribution >= 4 is 40.9 Å². The molecule has 1 saturated heterocycles. The Morgan fingerprint density at radius 1 is 1.23 bits per heavy atom. The van der Waals surface area contributed by atoms with Crippen LogP contribution in [0.25, 0.3) is 6.08 Å². The lowest BCUT2D eigenvalue weighted by Gasteiger charge is -2.13. The number of anilines is 1. The van der Waals surface area contributed by atoms with Crippen molar-refractivity contribution in [2.75, 3.05) is 32.2 Å². The molecule has 162 valence electrons. The minimum Gasteiger partial charge on any atom is -0.497 e. The number of thiocarbonyl (C=S) groups is 1. The quantitative estimate of drug-likeness (QED) is 0.354. The van der Waals surface area contributed by atoms with Crippen LogP contribution < -0.4 is 15.4 Å². The highest BCUT2D eigenvalue weighted by atomic mass is 32.1. The Kier molecular flexibility index (Phi) is 7.75. The number of ether oxygens (including phenoxy) is 2. The summed E-state index contributed by atoms with van der Waals surface area (Å²) >= 11 is 5.29. The normalized spacial score (nSPS) is 14.6. The fourth-order valence-corrected chi connectivity index (χ4v) is 3.35. The number of hydrogen-bond acceptors (Lipinski definition) is 5. The summed E-state index contributed by atoms with van der Waals surface area (Å²) in [6, 6.07) is 14.1. The topological polar surface area (TPSA) is 79.9 Å². The predicted molar refractivity (Wildman–Crippen MR) is 124 cm³/mol. The average molecular weight is 440 g/mol. The number of nitrogens with one attached hydrogen (secondary N) is 2. The summed E-state index contributed by atoms with van der Waals surface area (Å²) in [6.07, 6.45) is 2.43. The molecule has 7 nitrogen and oxygen atoms in total. The third-order valence-corrected chi connectivity index (χ3v) is 4.97. The van der Waals surface area contributed by atoms with Crippen LogP contribution in [0.15, 0.2) is 54.2 Å². The molecule has 2 amide bonds. The summed E-state index contributed by atoms with van der Waals surface area (Å²) in [7, 11) is 1.58. The Labute approximate surface area is 187 Å². The summed E-state index contributed by atoms with van der Waals surface area (Å²) in [5.41, 5.74) is 2.31. The first-order chi connectivity index (χ1) is 15.0. The highest BCUT2D eigenvalue weighted by Crippen LogP contribution is 2.19. The molecule has 0 aromatic heterocycles. The van der Waals surface area contributed by atoms with Gasteiger partial charge in [0.05, 0.1) is 7.11 Å². The van der Waals surface area contributed by atoms with Crippen molar-refractivity contribution in [1.82, 2.24) is 10.2 Å². The molecule has 2 N–H and O–H groups in total. The minimum absolute atomic E-state index is 0.172. The van der Waals surface area contributed by atoms with Crippen LogP contribution >= 0.6 is 12.2 Å². The first-order valence-electron chi connectivity index (χ1n) is 9.99. The molecule has 2 aromatic carbocycles. The summed E-state index contributed by atoms with van der Waals surface area (Å²) in [4.78, 5) is 26.7. The molecular weight excluding hydrogens is 414 g/mol. The van der Waals surface area contributed by atoms with Crippen LogP contribution in [0.3, 0.4) is 0 Å². The van der Waals surface area contributed by atoms with Crippen LogP contribution in [0.1, 0.15) is 29.3 Å². The van der Waals surface area contributed by atoms with Gasteiger partial charge in [-0.3, -0.25) is 14.5 Å². The number of nitrogens with zero attached hydrogens (tertiary/aromatic N) is 1. The predicted octanol–water partition coefficient (Wildman–Crippen LogP) is 3.43. The van der Waals surface area contributed by atoms with Gasteiger partial charge >= 0.3 is 0 Å². The molecule has 8 heteroatoms. The van der Waals surface area contributed by atoms with Gasteiger partial charge in [-0.05, 0) is 73.6 Å². The van der Waals surface area contributed by atoms with Crippen LogP contribution in [0.2, 0.25) is 0 Å². The number of amides is 2. The van der Waals surface area contributed by atoms with Gasteiger partial charge in [-0.1, -0.05) is 12.1 Å². The second-order valence-corrected chi connectivity index (χ2v) is 7.19. The van der Waals surface area contributed by atoms with Gasteiger partial charge in [0.2, 0.25) is 0 Å². The Morgan fingerprint density at radius 3 is 2.71 bits per heavy atom. The van der Waals surface area contributed by atoms with Crippen LogP contribution in [-0.2, 0) is 9.53 Å². The van der Waals surface area contributed by atoms with E-state index in [0.717, 1.165) is 5.56 Å². The molecule has 0 saturated carbocycles. The van der Waals surface area contributed by atoms with Crippen LogP contribution in [-0.4, -0.2) is 48.7 Å². The maximum absolute atomic E-state index is 12.7. The number of hydrogen-bond donors (Lipinski definition) is 2. The largest absolute Gasteiger partial charge is 0.497 e. The molecule has 1 aliphatic rings. The Bertz CT molecular complexity index is 989. The zero-order valence-electron chi connectivity index (χ0n) is 17.5. The van der Waals surface area contributed by atoms with Crippen LogP contribution in [0, 0.1) is 0 Å². The van der Waals surface area contributed by atoms with E-state index in [1.807, 2.05) is 19.1 Å². The van der Waals surface area contributed by atoms with E-state index in [2.05, 4.69) is 10.6 Å². The highest BCUT2D eigenvalue weighted by molar-refractivity contribution is 7.80. The average Bonchev–Trinajstić information content (AvgIpc) is 3.04. The minimum atomic E-state index is -0.232. The van der Waals surface area contributed by atoms with Crippen molar-refractivity contribution in [2.45, 2.75) is 13.3 Å². The van der Waals surface area contributed by atoms with Gasteiger partial charge in [0.1, 0.15) is 11.4 Å². The van der Waals surface area contributed by atoms with Crippen LogP contribution in [0.4, 0.5) is 5.69 Å². The molecule has 0 bridgehead atoms. The molecule has 2 aromatic rings. The zero-order chi connectivity index (χ0) is 22.2. The number of carbonyl (C=O) groups excluding carboxylic acids is 2. The SMILES string of the molecule is CCOCCCN1C(=O)/C(=C/c2cccc(NC(=O)c3ccc(OC)cc3)c2)NC1=S. The molecule has 1 fully saturated rings.